The highest BCUT2D eigenvalue weighted by Crippen LogP contribution is 2.66. The molecule has 170 valence electrons. The molecular formula is C23H17Cl4N3O3. The molecule has 3 fully saturated rings. The van der Waals surface area contributed by atoms with Crippen molar-refractivity contribution in [3.05, 3.63) is 56.0 Å². The molecule has 6 nitrogen and oxygen atoms in total. The highest BCUT2D eigenvalue weighted by Gasteiger charge is 2.79. The van der Waals surface area contributed by atoms with Gasteiger partial charge in [-0.2, -0.15) is 0 Å². The highest BCUT2D eigenvalue weighted by molar-refractivity contribution is 6.38. The van der Waals surface area contributed by atoms with Crippen LogP contribution in [0.3, 0.4) is 0 Å². The normalized spacial score (nSPS) is 32.5. The van der Waals surface area contributed by atoms with Crippen LogP contribution in [0.1, 0.15) is 25.3 Å². The van der Waals surface area contributed by atoms with Crippen molar-refractivity contribution in [3.63, 3.8) is 0 Å². The lowest BCUT2D eigenvalue weighted by Crippen LogP contribution is -2.54. The second-order valence-electron chi connectivity index (χ2n) is 9.20. The Morgan fingerprint density at radius 3 is 2.33 bits per heavy atom. The molecule has 4 aliphatic heterocycles. The van der Waals surface area contributed by atoms with E-state index in [2.05, 4.69) is 5.32 Å². The number of fused-ring (bicyclic) bond motifs is 7. The summed E-state index contributed by atoms with van der Waals surface area (Å²) in [6, 6.07) is 7.53. The topological polar surface area (TPSA) is 69.7 Å². The molecule has 6 rings (SSSR count). The minimum Gasteiger partial charge on any atom is -0.323 e. The Balaban J connectivity index is 1.62. The smallest absolute Gasteiger partial charge is 0.250 e. The summed E-state index contributed by atoms with van der Waals surface area (Å²) in [5, 5.41) is 4.14. The van der Waals surface area contributed by atoms with Gasteiger partial charge in [0.2, 0.25) is 11.8 Å². The zero-order chi connectivity index (χ0) is 23.4. The second kappa shape index (κ2) is 6.86. The summed E-state index contributed by atoms with van der Waals surface area (Å²) in [6.45, 7) is 2.37. The first-order valence-electron chi connectivity index (χ1n) is 10.5. The molecule has 0 aliphatic carbocycles. The van der Waals surface area contributed by atoms with Crippen LogP contribution >= 0.6 is 46.4 Å². The van der Waals surface area contributed by atoms with Gasteiger partial charge < -0.3 is 5.32 Å². The van der Waals surface area contributed by atoms with Crippen molar-refractivity contribution in [3.8, 4) is 0 Å². The number of rotatable bonds is 1. The molecule has 4 unspecified atom stereocenters. The maximum Gasteiger partial charge on any atom is 0.250 e. The first-order chi connectivity index (χ1) is 15.6. The zero-order valence-electron chi connectivity index (χ0n) is 17.3. The van der Waals surface area contributed by atoms with Crippen molar-refractivity contribution in [2.75, 3.05) is 16.8 Å². The Morgan fingerprint density at radius 1 is 0.970 bits per heavy atom. The summed E-state index contributed by atoms with van der Waals surface area (Å²) in [6.07, 6.45) is 1.49. The molecule has 3 amide bonds. The van der Waals surface area contributed by atoms with E-state index in [1.807, 2.05) is 4.90 Å². The van der Waals surface area contributed by atoms with E-state index in [-0.39, 0.29) is 17.9 Å². The number of imide groups is 1. The van der Waals surface area contributed by atoms with Crippen LogP contribution in [0.2, 0.25) is 20.1 Å². The molecule has 3 saturated heterocycles. The molecular weight excluding hydrogens is 508 g/mol. The largest absolute Gasteiger partial charge is 0.323 e. The fourth-order valence-corrected chi connectivity index (χ4v) is 7.65. The van der Waals surface area contributed by atoms with Crippen LogP contribution in [0, 0.1) is 11.3 Å². The standard InChI is InChI=1S/C23H17Cl4N3O3/c1-22-16-3-2-4-29(16)23(14-8-12(26)9-15(27)17(14)28-20(23)32)18(22)19(31)30(21(22)33)13-6-10(24)5-11(25)7-13/h5-9,16,18H,2-4H2,1H3,(H,28,32). The van der Waals surface area contributed by atoms with E-state index in [0.717, 1.165) is 11.3 Å². The van der Waals surface area contributed by atoms with Gasteiger partial charge >= 0.3 is 0 Å². The molecule has 4 heterocycles. The third kappa shape index (κ3) is 2.48. The predicted molar refractivity (Wildman–Crippen MR) is 127 cm³/mol. The average Bonchev–Trinajstić information content (AvgIpc) is 3.41. The summed E-state index contributed by atoms with van der Waals surface area (Å²) in [4.78, 5) is 45.0. The molecule has 1 spiro atoms. The van der Waals surface area contributed by atoms with Crippen molar-refractivity contribution in [2.45, 2.75) is 31.3 Å². The van der Waals surface area contributed by atoms with E-state index in [1.54, 1.807) is 19.1 Å². The van der Waals surface area contributed by atoms with Crippen molar-refractivity contribution >= 4 is 75.5 Å². The minimum atomic E-state index is -1.39. The van der Waals surface area contributed by atoms with Crippen LogP contribution in [0.15, 0.2) is 30.3 Å². The lowest BCUT2D eigenvalue weighted by atomic mass is 9.67. The fraction of sp³-hybridized carbons (Fsp3) is 0.348. The molecule has 1 N–H and O–H groups in total. The maximum atomic E-state index is 14.1. The van der Waals surface area contributed by atoms with Gasteiger partial charge in [0.25, 0.3) is 5.91 Å². The first-order valence-corrected chi connectivity index (χ1v) is 12.0. The molecule has 2 aromatic carbocycles. The number of carbonyl (C=O) groups is 3. The third-order valence-corrected chi connectivity index (χ3v) is 8.66. The van der Waals surface area contributed by atoms with Gasteiger partial charge in [-0.05, 0) is 56.6 Å². The van der Waals surface area contributed by atoms with Crippen LogP contribution in [0.5, 0.6) is 0 Å². The van der Waals surface area contributed by atoms with Gasteiger partial charge in [0.05, 0.1) is 27.7 Å². The van der Waals surface area contributed by atoms with Gasteiger partial charge in [0, 0.05) is 26.7 Å². The van der Waals surface area contributed by atoms with Gasteiger partial charge in [0.15, 0.2) is 0 Å². The van der Waals surface area contributed by atoms with E-state index in [4.69, 9.17) is 46.4 Å². The quantitative estimate of drug-likeness (QED) is 0.525. The number of nitrogens with one attached hydrogen (secondary N) is 1. The second-order valence-corrected chi connectivity index (χ2v) is 10.9. The predicted octanol–water partition coefficient (Wildman–Crippen LogP) is 5.12. The van der Waals surface area contributed by atoms with Gasteiger partial charge in [-0.15, -0.1) is 0 Å². The van der Waals surface area contributed by atoms with Crippen molar-refractivity contribution < 1.29 is 14.4 Å². The number of nitrogens with zero attached hydrogens (tertiary/aromatic N) is 2. The number of hydrogen-bond acceptors (Lipinski definition) is 4. The molecule has 0 bridgehead atoms. The fourth-order valence-electron chi connectivity index (χ4n) is 6.59. The van der Waals surface area contributed by atoms with Gasteiger partial charge in [-0.25, -0.2) is 4.90 Å². The first kappa shape index (κ1) is 21.7. The summed E-state index contributed by atoms with van der Waals surface area (Å²) in [5.41, 5.74) is -1.25. The minimum absolute atomic E-state index is 0.292. The average molecular weight is 525 g/mol. The lowest BCUT2D eigenvalue weighted by molar-refractivity contribution is -0.135. The highest BCUT2D eigenvalue weighted by atomic mass is 35.5. The van der Waals surface area contributed by atoms with Gasteiger partial charge in [-0.1, -0.05) is 46.4 Å². The van der Waals surface area contributed by atoms with Gasteiger partial charge in [-0.3, -0.25) is 19.3 Å². The van der Waals surface area contributed by atoms with Crippen molar-refractivity contribution in [1.29, 1.82) is 0 Å². The van der Waals surface area contributed by atoms with Crippen molar-refractivity contribution in [1.82, 2.24) is 4.90 Å². The number of hydrogen-bond donors (Lipinski definition) is 1. The van der Waals surface area contributed by atoms with Crippen molar-refractivity contribution in [2.24, 2.45) is 11.3 Å². The number of carbonyl (C=O) groups excluding carboxylic acids is 3. The Labute approximate surface area is 209 Å². The molecule has 10 heteroatoms. The van der Waals surface area contributed by atoms with Crippen LogP contribution in [0.4, 0.5) is 11.4 Å². The molecule has 0 radical (unpaired) electrons. The summed E-state index contributed by atoms with van der Waals surface area (Å²) in [5.74, 6) is -2.15. The number of benzene rings is 2. The SMILES string of the molecule is CC12C(=O)N(c3cc(Cl)cc(Cl)c3)C(=O)C1C1(C(=O)Nc3c(Cl)cc(Cl)cc31)N1CCCC12. The van der Waals surface area contributed by atoms with E-state index in [9.17, 15) is 14.4 Å². The van der Waals surface area contributed by atoms with Gasteiger partial charge in [0.1, 0.15) is 5.54 Å². The lowest BCUT2D eigenvalue weighted by Gasteiger charge is -2.36. The Kier molecular flexibility index (Phi) is 4.51. The van der Waals surface area contributed by atoms with E-state index in [0.29, 0.717) is 50.0 Å². The Bertz CT molecular complexity index is 1280. The molecule has 0 saturated carbocycles. The third-order valence-electron chi connectivity index (χ3n) is 7.70. The number of amides is 3. The Hall–Kier alpha value is -1.83. The molecule has 33 heavy (non-hydrogen) atoms. The van der Waals surface area contributed by atoms with E-state index in [1.165, 1.54) is 18.2 Å². The Morgan fingerprint density at radius 2 is 1.64 bits per heavy atom. The number of halogens is 4. The number of anilines is 2. The maximum absolute atomic E-state index is 14.1. The molecule has 4 atom stereocenters. The molecule has 4 aliphatic rings. The summed E-state index contributed by atoms with van der Waals surface area (Å²) in [7, 11) is 0. The van der Waals surface area contributed by atoms with E-state index < -0.39 is 22.8 Å². The van der Waals surface area contributed by atoms with E-state index >= 15 is 0 Å². The van der Waals surface area contributed by atoms with Crippen LogP contribution < -0.4 is 10.2 Å². The molecule has 2 aromatic rings. The summed E-state index contributed by atoms with van der Waals surface area (Å²) < 4.78 is 0. The monoisotopic (exact) mass is 523 g/mol. The zero-order valence-corrected chi connectivity index (χ0v) is 20.3. The summed E-state index contributed by atoms with van der Waals surface area (Å²) >= 11 is 25.1. The van der Waals surface area contributed by atoms with Crippen LogP contribution in [0.25, 0.3) is 0 Å². The molecule has 0 aromatic heterocycles. The van der Waals surface area contributed by atoms with Crippen LogP contribution in [-0.4, -0.2) is 35.2 Å². The van der Waals surface area contributed by atoms with Crippen LogP contribution in [-0.2, 0) is 19.9 Å².